The van der Waals surface area contributed by atoms with Crippen LogP contribution in [0, 0.1) is 48.7 Å². The van der Waals surface area contributed by atoms with E-state index in [1.165, 1.54) is 0 Å². The third-order valence-electron chi connectivity index (χ3n) is 23.2. The standard InChI is InChI=1S/C123H141BN4/c1-115(2,3)70-79-36-32-40-88(56-79)96-62-85(76-121(19,20)21)63-97(89-41-33-37-80(57-89)71-116(4,5)6)113(96)127-108-68-92(125-104-46-30-28-44-94(104)100-60-83(48-54-106(100)125)74-119(13,14)15)50-52-102(108)124-103-53-51-93(126-105-47-31-29-45-95(105)101-61-84(49-55-107(101)126)75-120(16,17)18)69-109(103)128(111-67-87(78-123(25,26)27)66-110(127)112(111)124)114-98(90-42-34-38-81(58-90)72-117(7,8)9)64-86(77-122(22,23)24)65-99(114)91-43-35-39-82(59-91)73-118(10,11)12/h28-69H,70-78H2,1-27H3/i28D,29D,30D,31D,44D,45D,46D,47D,70D2,71D2,72D2,73D2,74D2,75D2. The van der Waals surface area contributed by atoms with Crippen LogP contribution in [0.3, 0.4) is 0 Å². The molecule has 656 valence electrons. The van der Waals surface area contributed by atoms with E-state index in [4.69, 9.17) is 0 Å². The maximum atomic E-state index is 10.3. The predicted molar refractivity (Wildman–Crippen MR) is 559 cm³/mol. The summed E-state index contributed by atoms with van der Waals surface area (Å²) in [5.41, 5.74) is 11.5. The minimum absolute atomic E-state index is 0.139. The van der Waals surface area contributed by atoms with Crippen molar-refractivity contribution in [3.63, 3.8) is 0 Å². The molecular weight excluding hydrogens is 1540 g/mol. The van der Waals surface area contributed by atoms with Gasteiger partial charge in [0.05, 0.1) is 44.4 Å². The zero-order valence-corrected chi connectivity index (χ0v) is 80.6. The molecule has 0 unspecified atom stereocenters. The fraction of sp³-hybridized carbons (Fsp3) is 0.366. The van der Waals surface area contributed by atoms with Gasteiger partial charge in [0.15, 0.2) is 0 Å². The molecule has 2 aromatic heterocycles. The number of para-hydroxylation sites is 2. The molecule has 4 nitrogen and oxygen atoms in total. The van der Waals surface area contributed by atoms with Crippen LogP contribution in [0.1, 0.15) is 264 Å². The summed E-state index contributed by atoms with van der Waals surface area (Å²) in [5.74, 6) is 0. The summed E-state index contributed by atoms with van der Waals surface area (Å²) in [7, 11) is 0. The number of nitrogens with zero attached hydrogens (tertiary/aromatic N) is 4. The lowest BCUT2D eigenvalue weighted by atomic mass is 9.33. The lowest BCUT2D eigenvalue weighted by Crippen LogP contribution is -2.61. The summed E-state index contributed by atoms with van der Waals surface area (Å²) in [4.78, 5) is 4.68. The first-order valence-electron chi connectivity index (χ1n) is 55.9. The Kier molecular flexibility index (Phi) is 17.2. The molecule has 0 saturated heterocycles. The van der Waals surface area contributed by atoms with Gasteiger partial charge in [-0.15, -0.1) is 0 Å². The quantitative estimate of drug-likeness (QED) is 0.0845. The highest BCUT2D eigenvalue weighted by atomic mass is 15.2. The first-order chi connectivity index (χ1) is 67.9. The van der Waals surface area contributed by atoms with E-state index in [0.29, 0.717) is 175 Å². The van der Waals surface area contributed by atoms with Gasteiger partial charge in [0.1, 0.15) is 0 Å². The molecule has 4 heterocycles. The normalized spacial score (nSPS) is 16.6. The van der Waals surface area contributed by atoms with Crippen molar-refractivity contribution >= 4 is 101 Å². The molecule has 128 heavy (non-hydrogen) atoms. The SMILES string of the molecule is [2H]c1c([2H])c([2H])c2c(c1[2H])c1cc(C([2H])([2H])C(C)(C)C)ccc1n2-c1ccc2c(c1)N(c1c(-c3cccc(C([2H])([2H])C(C)(C)C)c3)cc(CC(C)(C)C)cc1-c1cccc(C([2H])([2H])C(C)(C)C)c1)c1cc(CC(C)(C)C)cc3c1B2c1ccc(-n2c4ccc(C([2H])([2H])C(C)(C)C)cc4c4c([2H])c([2H])c([2H])c([2H])c42)cc1N3c1c(-c2cccc(C([2H])([2H])C(C)(C)C)c2)cc(CC(C)(C)C)cc1-c1cccc(C([2H])([2H])C(C)(C)C)c1. The van der Waals surface area contributed by atoms with Crippen LogP contribution < -0.4 is 26.2 Å². The van der Waals surface area contributed by atoms with Crippen LogP contribution in [0.4, 0.5) is 34.1 Å². The van der Waals surface area contributed by atoms with E-state index >= 15 is 0 Å². The molecule has 0 saturated carbocycles. The topological polar surface area (TPSA) is 16.3 Å². The summed E-state index contributed by atoms with van der Waals surface area (Å²) < 4.78 is 204. The number of benzene rings is 13. The van der Waals surface area contributed by atoms with Gasteiger partial charge in [0.25, 0.3) is 6.71 Å². The van der Waals surface area contributed by atoms with Gasteiger partial charge in [0, 0.05) is 94.4 Å². The summed E-state index contributed by atoms with van der Waals surface area (Å²) in [5, 5.41) is 1.14. The Hall–Kier alpha value is -10.9. The highest BCUT2D eigenvalue weighted by molar-refractivity contribution is 7.00. The van der Waals surface area contributed by atoms with E-state index < -0.39 is 107 Å². The van der Waals surface area contributed by atoms with Gasteiger partial charge in [-0.05, 0) is 292 Å². The largest absolute Gasteiger partial charge is 0.310 e. The van der Waals surface area contributed by atoms with Crippen LogP contribution in [0.15, 0.2) is 255 Å². The number of rotatable bonds is 17. The first kappa shape index (κ1) is 67.4. The molecule has 0 spiro atoms. The minimum Gasteiger partial charge on any atom is -0.310 e. The molecule has 0 radical (unpaired) electrons. The molecule has 0 amide bonds. The van der Waals surface area contributed by atoms with Crippen molar-refractivity contribution < 1.29 is 27.4 Å². The smallest absolute Gasteiger partial charge is 0.252 e. The number of hydrogen-bond donors (Lipinski definition) is 0. The lowest BCUT2D eigenvalue weighted by Gasteiger charge is -2.46. The van der Waals surface area contributed by atoms with Gasteiger partial charge >= 0.3 is 0 Å². The van der Waals surface area contributed by atoms with E-state index in [9.17, 15) is 27.4 Å². The summed E-state index contributed by atoms with van der Waals surface area (Å²) >= 11 is 0. The van der Waals surface area contributed by atoms with Crippen molar-refractivity contribution in [2.45, 2.75) is 244 Å². The Morgan fingerprint density at radius 2 is 0.531 bits per heavy atom. The highest BCUT2D eigenvalue weighted by Crippen LogP contribution is 2.56. The third kappa shape index (κ3) is 19.1. The number of fused-ring (bicyclic) bond motifs is 10. The zero-order valence-electron chi connectivity index (χ0n) is 101. The van der Waals surface area contributed by atoms with Crippen molar-refractivity contribution in [2.24, 2.45) is 48.7 Å². The molecule has 2 aliphatic rings. The summed E-state index contributed by atoms with van der Waals surface area (Å²) in [6.07, 6.45) is -10.2. The highest BCUT2D eigenvalue weighted by Gasteiger charge is 2.47. The minimum atomic E-state index is -1.96. The molecule has 0 bridgehead atoms. The van der Waals surface area contributed by atoms with Gasteiger partial charge in [0.2, 0.25) is 0 Å². The van der Waals surface area contributed by atoms with E-state index in [1.807, 2.05) is 255 Å². The maximum absolute atomic E-state index is 10.3. The van der Waals surface area contributed by atoms with Crippen LogP contribution >= 0.6 is 0 Å². The molecule has 0 aliphatic carbocycles. The maximum Gasteiger partial charge on any atom is 0.252 e. The van der Waals surface area contributed by atoms with Crippen molar-refractivity contribution in [3.05, 3.63) is 305 Å². The van der Waals surface area contributed by atoms with E-state index in [2.05, 4.69) is 133 Å². The Balaban J connectivity index is 1.15. The Morgan fingerprint density at radius 3 is 0.820 bits per heavy atom. The average molecular weight is 1710 g/mol. The Labute approximate surface area is 796 Å². The van der Waals surface area contributed by atoms with Crippen molar-refractivity contribution in [3.8, 4) is 55.9 Å². The van der Waals surface area contributed by atoms with E-state index in [0.717, 1.165) is 22.2 Å². The van der Waals surface area contributed by atoms with Crippen LogP contribution in [-0.2, 0) is 57.5 Å². The first-order valence-corrected chi connectivity index (χ1v) is 45.9. The summed E-state index contributed by atoms with van der Waals surface area (Å²) in [6, 6.07) is 64.4. The predicted octanol–water partition coefficient (Wildman–Crippen LogP) is 32.9. The van der Waals surface area contributed by atoms with Crippen molar-refractivity contribution in [1.29, 1.82) is 0 Å². The van der Waals surface area contributed by atoms with E-state index in [-0.39, 0.29) is 56.8 Å². The van der Waals surface area contributed by atoms with Gasteiger partial charge in [-0.25, -0.2) is 0 Å². The second-order valence-corrected chi connectivity index (χ2v) is 46.1. The number of aromatic nitrogens is 2. The van der Waals surface area contributed by atoms with Crippen LogP contribution in [0.25, 0.3) is 99.5 Å². The Bertz CT molecular complexity index is 7310. The van der Waals surface area contributed by atoms with Gasteiger partial charge in [-0.3, -0.25) is 0 Å². The van der Waals surface area contributed by atoms with Gasteiger partial charge in [-0.2, -0.15) is 0 Å². The fourth-order valence-electron chi connectivity index (χ4n) is 19.5. The van der Waals surface area contributed by atoms with Gasteiger partial charge < -0.3 is 18.9 Å². The molecule has 17 rings (SSSR count). The zero-order chi connectivity index (χ0) is 109. The number of hydrogen-bond acceptors (Lipinski definition) is 2. The average Bonchev–Trinajstić information content (AvgIpc) is 0.861. The molecule has 0 N–H and O–H groups in total. The Morgan fingerprint density at radius 1 is 0.250 bits per heavy atom. The van der Waals surface area contributed by atoms with Crippen LogP contribution in [-0.4, -0.2) is 15.8 Å². The monoisotopic (exact) mass is 1710 g/mol. The second-order valence-electron chi connectivity index (χ2n) is 46.1. The molecule has 0 fully saturated rings. The molecular formula is C123H141BN4. The van der Waals surface area contributed by atoms with Crippen LogP contribution in [0.5, 0.6) is 0 Å². The second kappa shape index (κ2) is 32.6. The van der Waals surface area contributed by atoms with Crippen molar-refractivity contribution in [2.75, 3.05) is 9.80 Å². The molecule has 0 atom stereocenters. The van der Waals surface area contributed by atoms with Gasteiger partial charge in [-0.1, -0.05) is 345 Å². The van der Waals surface area contributed by atoms with Crippen molar-refractivity contribution in [1.82, 2.24) is 9.13 Å². The molecule has 15 aromatic rings. The van der Waals surface area contributed by atoms with Crippen LogP contribution in [0.2, 0.25) is 0 Å². The van der Waals surface area contributed by atoms with E-state index in [1.54, 1.807) is 24.3 Å². The molecule has 5 heteroatoms. The fourth-order valence-corrected chi connectivity index (χ4v) is 19.5. The molecule has 13 aromatic carbocycles. The third-order valence-corrected chi connectivity index (χ3v) is 23.2. The summed E-state index contributed by atoms with van der Waals surface area (Å²) in [6.45, 7) is 52.7. The molecule has 2 aliphatic heterocycles. The lowest BCUT2D eigenvalue weighted by molar-refractivity contribution is 0.410. The number of anilines is 6.